The molecule has 0 bridgehead atoms. The Morgan fingerprint density at radius 1 is 1.35 bits per heavy atom. The molecule has 1 aromatic carbocycles. The molecule has 0 amide bonds. The fourth-order valence-electron chi connectivity index (χ4n) is 3.02. The smallest absolute Gasteiger partial charge is 0.387 e. The van der Waals surface area contributed by atoms with Crippen molar-refractivity contribution in [3.05, 3.63) is 29.8 Å². The van der Waals surface area contributed by atoms with Gasteiger partial charge in [-0.25, -0.2) is 0 Å². The molecule has 2 aliphatic carbocycles. The van der Waals surface area contributed by atoms with Gasteiger partial charge in [-0.3, -0.25) is 0 Å². The molecule has 1 aromatic rings. The van der Waals surface area contributed by atoms with Gasteiger partial charge in [0.25, 0.3) is 0 Å². The van der Waals surface area contributed by atoms with E-state index in [9.17, 15) is 8.78 Å². The van der Waals surface area contributed by atoms with Crippen molar-refractivity contribution >= 4 is 0 Å². The van der Waals surface area contributed by atoms with Crippen molar-refractivity contribution in [1.82, 2.24) is 5.32 Å². The summed E-state index contributed by atoms with van der Waals surface area (Å²) in [5.74, 6) is 1.16. The second-order valence-corrected chi connectivity index (χ2v) is 6.19. The molecular weight excluding hydrogens is 260 g/mol. The minimum atomic E-state index is -2.77. The van der Waals surface area contributed by atoms with Gasteiger partial charge >= 0.3 is 6.61 Å². The van der Waals surface area contributed by atoms with Crippen molar-refractivity contribution in [3.63, 3.8) is 0 Å². The maximum absolute atomic E-state index is 12.2. The second-order valence-electron chi connectivity index (χ2n) is 6.19. The first-order valence-corrected chi connectivity index (χ1v) is 7.37. The highest BCUT2D eigenvalue weighted by Gasteiger charge is 2.53. The Hall–Kier alpha value is -1.16. The maximum Gasteiger partial charge on any atom is 0.387 e. The molecular formula is C16H21F2NO. The van der Waals surface area contributed by atoms with E-state index >= 15 is 0 Å². The van der Waals surface area contributed by atoms with E-state index in [1.165, 1.54) is 25.7 Å². The van der Waals surface area contributed by atoms with Crippen LogP contribution in [0.15, 0.2) is 24.3 Å². The third-order valence-electron chi connectivity index (χ3n) is 4.68. The summed E-state index contributed by atoms with van der Waals surface area (Å²) in [4.78, 5) is 0. The van der Waals surface area contributed by atoms with Gasteiger partial charge in [0, 0.05) is 12.6 Å². The number of hydrogen-bond donors (Lipinski definition) is 1. The minimum Gasteiger partial charge on any atom is -0.435 e. The summed E-state index contributed by atoms with van der Waals surface area (Å²) in [5, 5.41) is 3.56. The van der Waals surface area contributed by atoms with Gasteiger partial charge < -0.3 is 10.1 Å². The van der Waals surface area contributed by atoms with Gasteiger partial charge in [-0.1, -0.05) is 12.1 Å². The molecule has 1 N–H and O–H groups in total. The van der Waals surface area contributed by atoms with Gasteiger partial charge in [-0.05, 0) is 61.6 Å². The molecule has 20 heavy (non-hydrogen) atoms. The van der Waals surface area contributed by atoms with E-state index in [4.69, 9.17) is 0 Å². The Bertz CT molecular complexity index is 469. The Balaban J connectivity index is 1.57. The van der Waals surface area contributed by atoms with Crippen LogP contribution in [0.25, 0.3) is 0 Å². The van der Waals surface area contributed by atoms with E-state index in [0.29, 0.717) is 5.41 Å². The molecule has 1 atom stereocenters. The summed E-state index contributed by atoms with van der Waals surface area (Å²) in [6.07, 6.45) is 5.44. The van der Waals surface area contributed by atoms with Crippen LogP contribution < -0.4 is 10.1 Å². The Morgan fingerprint density at radius 2 is 2.10 bits per heavy atom. The highest BCUT2D eigenvalue weighted by Crippen LogP contribution is 2.60. The molecule has 3 rings (SSSR count). The number of benzene rings is 1. The SMILES string of the molecule is CC(NCC1(C2CC2)CC1)c1cccc(OC(F)F)c1. The number of hydrogen-bond acceptors (Lipinski definition) is 2. The third-order valence-corrected chi connectivity index (χ3v) is 4.68. The highest BCUT2D eigenvalue weighted by atomic mass is 19.3. The van der Waals surface area contributed by atoms with Crippen molar-refractivity contribution in [1.29, 1.82) is 0 Å². The standard InChI is InChI=1S/C16H21F2NO/c1-11(19-10-16(7-8-16)13-5-6-13)12-3-2-4-14(9-12)20-15(17)18/h2-4,9,11,13,15,19H,5-8,10H2,1H3. The largest absolute Gasteiger partial charge is 0.435 e. The van der Waals surface area contributed by atoms with E-state index in [1.807, 2.05) is 6.07 Å². The number of rotatable bonds is 7. The topological polar surface area (TPSA) is 21.3 Å². The summed E-state index contributed by atoms with van der Waals surface area (Å²) < 4.78 is 28.9. The summed E-state index contributed by atoms with van der Waals surface area (Å²) in [7, 11) is 0. The summed E-state index contributed by atoms with van der Waals surface area (Å²) in [6.45, 7) is 0.349. The lowest BCUT2D eigenvalue weighted by Gasteiger charge is -2.20. The summed E-state index contributed by atoms with van der Waals surface area (Å²) >= 11 is 0. The van der Waals surface area contributed by atoms with Crippen LogP contribution in [0.5, 0.6) is 5.75 Å². The van der Waals surface area contributed by atoms with Crippen LogP contribution in [-0.4, -0.2) is 13.2 Å². The fourth-order valence-corrected chi connectivity index (χ4v) is 3.02. The predicted octanol–water partition coefficient (Wildman–Crippen LogP) is 4.13. The minimum absolute atomic E-state index is 0.160. The van der Waals surface area contributed by atoms with Crippen LogP contribution in [0.1, 0.15) is 44.2 Å². The molecule has 0 radical (unpaired) electrons. The Kier molecular flexibility index (Phi) is 3.67. The van der Waals surface area contributed by atoms with Crippen molar-refractivity contribution in [2.45, 2.75) is 45.3 Å². The number of alkyl halides is 2. The molecule has 0 aromatic heterocycles. The first-order valence-electron chi connectivity index (χ1n) is 7.37. The number of nitrogens with one attached hydrogen (secondary N) is 1. The van der Waals surface area contributed by atoms with Gasteiger partial charge in [0.05, 0.1) is 0 Å². The van der Waals surface area contributed by atoms with Crippen LogP contribution in [0.4, 0.5) is 8.78 Å². The average Bonchev–Trinajstić information content (AvgIpc) is 3.27. The predicted molar refractivity (Wildman–Crippen MR) is 73.9 cm³/mol. The van der Waals surface area contributed by atoms with E-state index < -0.39 is 6.61 Å². The molecule has 2 aliphatic rings. The first-order chi connectivity index (χ1) is 9.59. The molecule has 110 valence electrons. The van der Waals surface area contributed by atoms with Crippen molar-refractivity contribution in [2.75, 3.05) is 6.54 Å². The Morgan fingerprint density at radius 3 is 2.70 bits per heavy atom. The molecule has 2 nitrogen and oxygen atoms in total. The lowest BCUT2D eigenvalue weighted by Crippen LogP contribution is -2.28. The molecule has 0 aliphatic heterocycles. The average molecular weight is 281 g/mol. The van der Waals surface area contributed by atoms with Crippen molar-refractivity contribution in [3.8, 4) is 5.75 Å². The molecule has 2 saturated carbocycles. The maximum atomic E-state index is 12.2. The van der Waals surface area contributed by atoms with Gasteiger partial charge in [-0.15, -0.1) is 0 Å². The van der Waals surface area contributed by atoms with Gasteiger partial charge in [0.15, 0.2) is 0 Å². The fraction of sp³-hybridized carbons (Fsp3) is 0.625. The normalized spacial score (nSPS) is 21.8. The third kappa shape index (κ3) is 3.11. The second kappa shape index (κ2) is 5.32. The van der Waals surface area contributed by atoms with E-state index in [1.54, 1.807) is 18.2 Å². The molecule has 0 heterocycles. The molecule has 0 saturated heterocycles. The lowest BCUT2D eigenvalue weighted by atomic mass is 9.99. The monoisotopic (exact) mass is 281 g/mol. The molecule has 4 heteroatoms. The zero-order valence-electron chi connectivity index (χ0n) is 11.7. The van der Waals surface area contributed by atoms with Crippen LogP contribution in [0.2, 0.25) is 0 Å². The van der Waals surface area contributed by atoms with Crippen molar-refractivity contribution < 1.29 is 13.5 Å². The number of ether oxygens (including phenoxy) is 1. The molecule has 2 fully saturated rings. The Labute approximate surface area is 118 Å². The van der Waals surface area contributed by atoms with Gasteiger partial charge in [0.2, 0.25) is 0 Å². The number of halogens is 2. The van der Waals surface area contributed by atoms with Gasteiger partial charge in [0.1, 0.15) is 5.75 Å². The van der Waals surface area contributed by atoms with E-state index in [2.05, 4.69) is 17.0 Å². The zero-order valence-corrected chi connectivity index (χ0v) is 11.7. The first kappa shape index (κ1) is 13.8. The van der Waals surface area contributed by atoms with E-state index in [0.717, 1.165) is 18.0 Å². The van der Waals surface area contributed by atoms with Crippen LogP contribution >= 0.6 is 0 Å². The van der Waals surface area contributed by atoms with Crippen LogP contribution in [0, 0.1) is 11.3 Å². The van der Waals surface area contributed by atoms with Gasteiger partial charge in [-0.2, -0.15) is 8.78 Å². The zero-order chi connectivity index (χ0) is 14.2. The summed E-state index contributed by atoms with van der Waals surface area (Å²) in [5.41, 5.74) is 1.54. The quantitative estimate of drug-likeness (QED) is 0.811. The lowest BCUT2D eigenvalue weighted by molar-refractivity contribution is -0.0499. The van der Waals surface area contributed by atoms with Crippen LogP contribution in [0.3, 0.4) is 0 Å². The van der Waals surface area contributed by atoms with Crippen molar-refractivity contribution in [2.24, 2.45) is 11.3 Å². The highest BCUT2D eigenvalue weighted by molar-refractivity contribution is 5.30. The molecule has 0 spiro atoms. The van der Waals surface area contributed by atoms with E-state index in [-0.39, 0.29) is 11.8 Å². The molecule has 1 unspecified atom stereocenters. The van der Waals surface area contributed by atoms with Crippen LogP contribution in [-0.2, 0) is 0 Å². The summed E-state index contributed by atoms with van der Waals surface area (Å²) in [6, 6.07) is 7.13.